The lowest BCUT2D eigenvalue weighted by Crippen LogP contribution is -2.05. The maximum absolute atomic E-state index is 9.16. The summed E-state index contributed by atoms with van der Waals surface area (Å²) in [5.41, 5.74) is 1.19. The number of rotatable bonds is 3. The van der Waals surface area contributed by atoms with Crippen LogP contribution in [0, 0.1) is 0 Å². The number of hydrogen-bond donors (Lipinski definition) is 1. The van der Waals surface area contributed by atoms with Gasteiger partial charge in [-0.05, 0) is 30.9 Å². The molecule has 0 aliphatic carbocycles. The Hall–Kier alpha value is -0.890. The summed E-state index contributed by atoms with van der Waals surface area (Å²) in [6.07, 6.45) is 4.18. The molecule has 1 aromatic rings. The Morgan fingerprint density at radius 1 is 1.50 bits per heavy atom. The summed E-state index contributed by atoms with van der Waals surface area (Å²) in [6.45, 7) is 3.91. The van der Waals surface area contributed by atoms with Gasteiger partial charge >= 0.3 is 0 Å². The number of aromatic nitrogens is 1. The van der Waals surface area contributed by atoms with Gasteiger partial charge in [-0.15, -0.1) is 0 Å². The van der Waals surface area contributed by atoms with Crippen molar-refractivity contribution in [3.05, 3.63) is 30.1 Å². The van der Waals surface area contributed by atoms with Crippen molar-refractivity contribution in [2.24, 2.45) is 0 Å². The third kappa shape index (κ3) is 2.62. The van der Waals surface area contributed by atoms with Crippen molar-refractivity contribution in [1.29, 1.82) is 0 Å². The minimum Gasteiger partial charge on any atom is -0.393 e. The van der Waals surface area contributed by atoms with Crippen LogP contribution in [0.4, 0.5) is 0 Å². The van der Waals surface area contributed by atoms with Crippen LogP contribution in [0.3, 0.4) is 0 Å². The van der Waals surface area contributed by atoms with E-state index in [1.807, 2.05) is 25.3 Å². The summed E-state index contributed by atoms with van der Waals surface area (Å²) in [4.78, 5) is 4.03. The van der Waals surface area contributed by atoms with Crippen molar-refractivity contribution in [3.63, 3.8) is 0 Å². The highest BCUT2D eigenvalue weighted by Gasteiger charge is 2.07. The molecule has 0 radical (unpaired) electrons. The molecule has 2 unspecified atom stereocenters. The van der Waals surface area contributed by atoms with Crippen LogP contribution in [0.5, 0.6) is 0 Å². The van der Waals surface area contributed by atoms with Gasteiger partial charge in [-0.3, -0.25) is 4.98 Å². The van der Waals surface area contributed by atoms with E-state index in [0.717, 1.165) is 6.42 Å². The molecular weight excluding hydrogens is 150 g/mol. The van der Waals surface area contributed by atoms with Crippen LogP contribution in [-0.2, 0) is 0 Å². The Bertz CT molecular complexity index is 221. The largest absolute Gasteiger partial charge is 0.393 e. The number of aliphatic hydroxyl groups excluding tert-OH is 1. The minimum atomic E-state index is -0.236. The third-order valence-electron chi connectivity index (χ3n) is 1.95. The molecule has 1 N–H and O–H groups in total. The van der Waals surface area contributed by atoms with Crippen LogP contribution >= 0.6 is 0 Å². The fourth-order valence-electron chi connectivity index (χ4n) is 1.32. The predicted octanol–water partition coefficient (Wildman–Crippen LogP) is 1.96. The van der Waals surface area contributed by atoms with Crippen molar-refractivity contribution in [2.45, 2.75) is 32.3 Å². The molecule has 0 amide bonds. The van der Waals surface area contributed by atoms with Crippen molar-refractivity contribution in [3.8, 4) is 0 Å². The standard InChI is InChI=1S/C10H15NO/c1-8(6-9(2)12)10-4-3-5-11-7-10/h3-5,7-9,12H,6H2,1-2H3. The second-order valence-corrected chi connectivity index (χ2v) is 3.27. The van der Waals surface area contributed by atoms with Gasteiger partial charge in [0.25, 0.3) is 0 Å². The molecule has 0 saturated carbocycles. The van der Waals surface area contributed by atoms with Gasteiger partial charge in [0.15, 0.2) is 0 Å². The maximum Gasteiger partial charge on any atom is 0.0517 e. The summed E-state index contributed by atoms with van der Waals surface area (Å²) in [5.74, 6) is 0.388. The predicted molar refractivity (Wildman–Crippen MR) is 48.9 cm³/mol. The third-order valence-corrected chi connectivity index (χ3v) is 1.95. The highest BCUT2D eigenvalue weighted by molar-refractivity contribution is 5.13. The van der Waals surface area contributed by atoms with Crippen molar-refractivity contribution in [2.75, 3.05) is 0 Å². The normalized spacial score (nSPS) is 15.6. The molecule has 66 valence electrons. The molecule has 2 heteroatoms. The first-order chi connectivity index (χ1) is 5.70. The first-order valence-electron chi connectivity index (χ1n) is 4.28. The zero-order valence-corrected chi connectivity index (χ0v) is 7.57. The number of nitrogens with zero attached hydrogens (tertiary/aromatic N) is 1. The quantitative estimate of drug-likeness (QED) is 0.742. The van der Waals surface area contributed by atoms with Gasteiger partial charge in [0, 0.05) is 12.4 Å². The first kappa shape index (κ1) is 9.20. The highest BCUT2D eigenvalue weighted by Crippen LogP contribution is 2.18. The molecule has 0 aliphatic heterocycles. The van der Waals surface area contributed by atoms with Crippen LogP contribution in [0.25, 0.3) is 0 Å². The molecule has 0 fully saturated rings. The molecule has 0 aromatic carbocycles. The molecule has 12 heavy (non-hydrogen) atoms. The van der Waals surface area contributed by atoms with Gasteiger partial charge in [-0.2, -0.15) is 0 Å². The summed E-state index contributed by atoms with van der Waals surface area (Å²) in [7, 11) is 0. The highest BCUT2D eigenvalue weighted by atomic mass is 16.3. The van der Waals surface area contributed by atoms with Gasteiger partial charge in [0.1, 0.15) is 0 Å². The van der Waals surface area contributed by atoms with Gasteiger partial charge in [-0.1, -0.05) is 13.0 Å². The van der Waals surface area contributed by atoms with E-state index in [2.05, 4.69) is 11.9 Å². The minimum absolute atomic E-state index is 0.236. The van der Waals surface area contributed by atoms with Crippen LogP contribution in [0.2, 0.25) is 0 Å². The molecule has 0 bridgehead atoms. The van der Waals surface area contributed by atoms with E-state index < -0.39 is 0 Å². The Kier molecular flexibility index (Phi) is 3.23. The van der Waals surface area contributed by atoms with Crippen LogP contribution in [-0.4, -0.2) is 16.2 Å². The van der Waals surface area contributed by atoms with E-state index in [-0.39, 0.29) is 6.10 Å². The Morgan fingerprint density at radius 3 is 2.75 bits per heavy atom. The zero-order chi connectivity index (χ0) is 8.97. The van der Waals surface area contributed by atoms with Crippen LogP contribution < -0.4 is 0 Å². The Morgan fingerprint density at radius 2 is 2.25 bits per heavy atom. The fraction of sp³-hybridized carbons (Fsp3) is 0.500. The molecule has 0 aliphatic rings. The summed E-state index contributed by atoms with van der Waals surface area (Å²) >= 11 is 0. The van der Waals surface area contributed by atoms with Crippen LogP contribution in [0.1, 0.15) is 31.7 Å². The first-order valence-corrected chi connectivity index (χ1v) is 4.28. The lowest BCUT2D eigenvalue weighted by Gasteiger charge is -2.12. The SMILES string of the molecule is CC(O)CC(C)c1cccnc1. The number of aliphatic hydroxyl groups is 1. The molecular formula is C10H15NO. The van der Waals surface area contributed by atoms with Gasteiger partial charge in [0.2, 0.25) is 0 Å². The second kappa shape index (κ2) is 4.21. The average molecular weight is 165 g/mol. The second-order valence-electron chi connectivity index (χ2n) is 3.27. The van der Waals surface area contributed by atoms with Crippen molar-refractivity contribution >= 4 is 0 Å². The summed E-state index contributed by atoms with van der Waals surface area (Å²) in [6, 6.07) is 3.97. The van der Waals surface area contributed by atoms with E-state index in [1.165, 1.54) is 5.56 Å². The summed E-state index contributed by atoms with van der Waals surface area (Å²) in [5, 5.41) is 9.16. The van der Waals surface area contributed by atoms with Gasteiger partial charge < -0.3 is 5.11 Å². The van der Waals surface area contributed by atoms with Crippen molar-refractivity contribution < 1.29 is 5.11 Å². The topological polar surface area (TPSA) is 33.1 Å². The van der Waals surface area contributed by atoms with E-state index in [1.54, 1.807) is 6.20 Å². The molecule has 1 rings (SSSR count). The number of pyridine rings is 1. The molecule has 0 spiro atoms. The molecule has 2 atom stereocenters. The van der Waals surface area contributed by atoms with E-state index in [9.17, 15) is 0 Å². The Labute approximate surface area is 73.3 Å². The molecule has 2 nitrogen and oxygen atoms in total. The maximum atomic E-state index is 9.16. The molecule has 1 heterocycles. The van der Waals surface area contributed by atoms with Gasteiger partial charge in [0.05, 0.1) is 6.10 Å². The van der Waals surface area contributed by atoms with E-state index in [4.69, 9.17) is 5.11 Å². The van der Waals surface area contributed by atoms with E-state index in [0.29, 0.717) is 5.92 Å². The summed E-state index contributed by atoms with van der Waals surface area (Å²) < 4.78 is 0. The van der Waals surface area contributed by atoms with Gasteiger partial charge in [-0.25, -0.2) is 0 Å². The van der Waals surface area contributed by atoms with Crippen molar-refractivity contribution in [1.82, 2.24) is 4.98 Å². The molecule has 0 saturated heterocycles. The van der Waals surface area contributed by atoms with Crippen LogP contribution in [0.15, 0.2) is 24.5 Å². The van der Waals surface area contributed by atoms with E-state index >= 15 is 0 Å². The smallest absolute Gasteiger partial charge is 0.0517 e. The lowest BCUT2D eigenvalue weighted by atomic mass is 9.97. The average Bonchev–Trinajstić information content (AvgIpc) is 2.05. The number of hydrogen-bond acceptors (Lipinski definition) is 2. The molecule has 1 aromatic heterocycles. The Balaban J connectivity index is 2.59. The monoisotopic (exact) mass is 165 g/mol. The zero-order valence-electron chi connectivity index (χ0n) is 7.57. The fourth-order valence-corrected chi connectivity index (χ4v) is 1.32. The lowest BCUT2D eigenvalue weighted by molar-refractivity contribution is 0.176.